The Hall–Kier alpha value is -2.50. The summed E-state index contributed by atoms with van der Waals surface area (Å²) in [5.41, 5.74) is 12.0. The third-order valence-electron chi connectivity index (χ3n) is 2.29. The Balaban J connectivity index is 0.000000364. The topological polar surface area (TPSA) is 132 Å². The van der Waals surface area contributed by atoms with Crippen molar-refractivity contribution in [1.29, 1.82) is 0 Å². The van der Waals surface area contributed by atoms with E-state index in [1.54, 1.807) is 0 Å². The molecule has 0 heterocycles. The summed E-state index contributed by atoms with van der Waals surface area (Å²) in [6.45, 7) is 0. The summed E-state index contributed by atoms with van der Waals surface area (Å²) in [7, 11) is 0. The number of rotatable bonds is 2. The van der Waals surface area contributed by atoms with Crippen molar-refractivity contribution in [2.75, 3.05) is 11.5 Å². The fourth-order valence-electron chi connectivity index (χ4n) is 1.24. The number of hydrogen-bond donors (Lipinski definition) is 2. The number of anilines is 2. The van der Waals surface area contributed by atoms with E-state index in [0.29, 0.717) is 11.4 Å². The number of benzene rings is 2. The second-order valence-corrected chi connectivity index (χ2v) is 3.82. The number of carboxylic acids is 2. The SMILES string of the molecule is Nc1ccc(C(=O)[O-])cc1.Nc1ccc(C(=O)[O-])cc1.[Mn+2]. The maximum Gasteiger partial charge on any atom is 2.00 e. The summed E-state index contributed by atoms with van der Waals surface area (Å²) in [6.07, 6.45) is 0. The minimum Gasteiger partial charge on any atom is -0.545 e. The van der Waals surface area contributed by atoms with E-state index in [2.05, 4.69) is 0 Å². The van der Waals surface area contributed by atoms with Gasteiger partial charge in [-0.3, -0.25) is 0 Å². The van der Waals surface area contributed by atoms with Gasteiger partial charge in [-0.05, 0) is 35.4 Å². The number of carboxylic acid groups (broad SMARTS) is 2. The van der Waals surface area contributed by atoms with Crippen molar-refractivity contribution in [3.05, 3.63) is 59.7 Å². The van der Waals surface area contributed by atoms with Crippen LogP contribution < -0.4 is 21.7 Å². The van der Waals surface area contributed by atoms with Gasteiger partial charge in [0.05, 0.1) is 11.9 Å². The smallest absolute Gasteiger partial charge is 0.545 e. The van der Waals surface area contributed by atoms with Crippen LogP contribution in [-0.4, -0.2) is 11.9 Å². The fourth-order valence-corrected chi connectivity index (χ4v) is 1.24. The van der Waals surface area contributed by atoms with E-state index < -0.39 is 11.9 Å². The molecule has 0 saturated heterocycles. The average Bonchev–Trinajstić information content (AvgIpc) is 2.40. The van der Waals surface area contributed by atoms with Gasteiger partial charge in [-0.1, -0.05) is 24.3 Å². The Morgan fingerprint density at radius 2 is 0.905 bits per heavy atom. The predicted molar refractivity (Wildman–Crippen MR) is 70.4 cm³/mol. The normalized spacial score (nSPS) is 8.76. The minimum atomic E-state index is -1.18. The first-order valence-corrected chi connectivity index (χ1v) is 5.54. The van der Waals surface area contributed by atoms with E-state index in [-0.39, 0.29) is 28.2 Å². The molecule has 0 atom stereocenters. The Kier molecular flexibility index (Phi) is 7.60. The molecule has 0 unspecified atom stereocenters. The van der Waals surface area contributed by atoms with Crippen LogP contribution in [0.4, 0.5) is 11.4 Å². The van der Waals surface area contributed by atoms with Crippen molar-refractivity contribution in [1.82, 2.24) is 0 Å². The monoisotopic (exact) mass is 327 g/mol. The van der Waals surface area contributed by atoms with E-state index in [0.717, 1.165) is 0 Å². The van der Waals surface area contributed by atoms with Crippen LogP contribution in [0.25, 0.3) is 0 Å². The molecule has 0 aliphatic rings. The van der Waals surface area contributed by atoms with E-state index in [9.17, 15) is 19.8 Å². The second-order valence-electron chi connectivity index (χ2n) is 3.82. The van der Waals surface area contributed by atoms with Gasteiger partial charge in [0, 0.05) is 11.4 Å². The zero-order valence-electron chi connectivity index (χ0n) is 10.8. The minimum absolute atomic E-state index is 0. The Morgan fingerprint density at radius 3 is 1.10 bits per heavy atom. The molecule has 6 nitrogen and oxygen atoms in total. The standard InChI is InChI=1S/2C7H7NO2.Mn/c2*8-6-3-1-5(2-4-6)7(9)10;/h2*1-4H,8H2,(H,9,10);/q;;+2/p-2. The van der Waals surface area contributed by atoms with Crippen molar-refractivity contribution < 1.29 is 36.9 Å². The molecule has 0 aromatic heterocycles. The molecule has 2 aromatic carbocycles. The van der Waals surface area contributed by atoms with Crippen LogP contribution in [-0.2, 0) is 17.1 Å². The fraction of sp³-hybridized carbons (Fsp3) is 0. The third kappa shape index (κ3) is 6.47. The molecule has 0 aliphatic carbocycles. The summed E-state index contributed by atoms with van der Waals surface area (Å²) >= 11 is 0. The van der Waals surface area contributed by atoms with Crippen molar-refractivity contribution in [3.8, 4) is 0 Å². The van der Waals surface area contributed by atoms with Crippen LogP contribution >= 0.6 is 0 Å². The number of hydrogen-bond acceptors (Lipinski definition) is 6. The van der Waals surface area contributed by atoms with Crippen LogP contribution in [0.3, 0.4) is 0 Å². The largest absolute Gasteiger partial charge is 2.00 e. The first-order valence-electron chi connectivity index (χ1n) is 5.54. The molecule has 2 aromatic rings. The number of nitrogens with two attached hydrogens (primary N) is 2. The molecular weight excluding hydrogens is 315 g/mol. The predicted octanol–water partition coefficient (Wildman–Crippen LogP) is -0.738. The molecule has 2 rings (SSSR count). The van der Waals surface area contributed by atoms with Gasteiger partial charge in [-0.2, -0.15) is 0 Å². The van der Waals surface area contributed by atoms with Gasteiger partial charge in [0.2, 0.25) is 0 Å². The van der Waals surface area contributed by atoms with Crippen LogP contribution in [0.15, 0.2) is 48.5 Å². The van der Waals surface area contributed by atoms with Crippen molar-refractivity contribution in [2.45, 2.75) is 0 Å². The maximum absolute atomic E-state index is 10.2. The maximum atomic E-state index is 10.2. The molecule has 1 radical (unpaired) electrons. The molecule has 109 valence electrons. The van der Waals surface area contributed by atoms with Gasteiger partial charge in [0.15, 0.2) is 0 Å². The van der Waals surface area contributed by atoms with Crippen LogP contribution in [0, 0.1) is 0 Å². The summed E-state index contributed by atoms with van der Waals surface area (Å²) in [5, 5.41) is 20.3. The van der Waals surface area contributed by atoms with Gasteiger partial charge in [-0.25, -0.2) is 0 Å². The van der Waals surface area contributed by atoms with E-state index >= 15 is 0 Å². The van der Waals surface area contributed by atoms with Crippen LogP contribution in [0.5, 0.6) is 0 Å². The number of carbonyl (C=O) groups is 2. The zero-order valence-corrected chi connectivity index (χ0v) is 12.0. The Bertz CT molecular complexity index is 542. The summed E-state index contributed by atoms with van der Waals surface area (Å²) < 4.78 is 0. The summed E-state index contributed by atoms with van der Waals surface area (Å²) in [6, 6.07) is 11.7. The average molecular weight is 327 g/mol. The Morgan fingerprint density at radius 1 is 0.667 bits per heavy atom. The van der Waals surface area contributed by atoms with Crippen molar-refractivity contribution in [2.24, 2.45) is 0 Å². The molecule has 0 bridgehead atoms. The number of nitrogen functional groups attached to an aromatic ring is 2. The van der Waals surface area contributed by atoms with Crippen LogP contribution in [0.1, 0.15) is 20.7 Å². The molecule has 21 heavy (non-hydrogen) atoms. The molecule has 0 fully saturated rings. The van der Waals surface area contributed by atoms with Crippen molar-refractivity contribution >= 4 is 23.3 Å². The van der Waals surface area contributed by atoms with E-state index in [4.69, 9.17) is 11.5 Å². The summed E-state index contributed by atoms with van der Waals surface area (Å²) in [5.74, 6) is -2.36. The van der Waals surface area contributed by atoms with Gasteiger partial charge >= 0.3 is 17.1 Å². The number of aromatic carboxylic acids is 2. The first-order chi connectivity index (χ1) is 9.40. The Labute approximate surface area is 131 Å². The molecule has 0 saturated carbocycles. The molecular formula is C14H12MnN2O4. The van der Waals surface area contributed by atoms with E-state index in [1.807, 2.05) is 0 Å². The van der Waals surface area contributed by atoms with Gasteiger partial charge in [-0.15, -0.1) is 0 Å². The molecule has 0 aliphatic heterocycles. The van der Waals surface area contributed by atoms with Gasteiger partial charge in [0.25, 0.3) is 0 Å². The second kappa shape index (κ2) is 8.63. The quantitative estimate of drug-likeness (QED) is 0.551. The molecule has 0 amide bonds. The third-order valence-corrected chi connectivity index (χ3v) is 2.29. The zero-order chi connectivity index (χ0) is 15.1. The van der Waals surface area contributed by atoms with Gasteiger partial charge in [0.1, 0.15) is 0 Å². The van der Waals surface area contributed by atoms with Crippen LogP contribution in [0.2, 0.25) is 0 Å². The van der Waals surface area contributed by atoms with Crippen molar-refractivity contribution in [3.63, 3.8) is 0 Å². The molecule has 0 spiro atoms. The van der Waals surface area contributed by atoms with E-state index in [1.165, 1.54) is 48.5 Å². The first kappa shape index (κ1) is 18.5. The number of carbonyl (C=O) groups excluding carboxylic acids is 2. The summed E-state index contributed by atoms with van der Waals surface area (Å²) in [4.78, 5) is 20.3. The van der Waals surface area contributed by atoms with Gasteiger partial charge < -0.3 is 31.3 Å². The molecule has 4 N–H and O–H groups in total. The molecule has 7 heteroatoms.